The predicted octanol–water partition coefficient (Wildman–Crippen LogP) is 6.86. The molecule has 0 saturated carbocycles. The Morgan fingerprint density at radius 1 is 0.838 bits per heavy atom. The Hall–Kier alpha value is -5.24. The summed E-state index contributed by atoms with van der Waals surface area (Å²) in [4.78, 5) is 29.2. The second-order valence-electron chi connectivity index (χ2n) is 8.14. The molecule has 5 aromatic rings. The number of aromatic nitrogens is 1. The molecule has 182 valence electrons. The minimum Gasteiger partial charge on any atom is -0.497 e. The van der Waals surface area contributed by atoms with E-state index in [0.29, 0.717) is 33.7 Å². The first-order valence-electron chi connectivity index (χ1n) is 11.4. The molecule has 0 saturated heterocycles. The number of carbonyl (C=O) groups excluding carboxylic acids is 1. The molecule has 1 heterocycles. The number of nitrogens with zero attached hydrogens (tertiary/aromatic N) is 2. The van der Waals surface area contributed by atoms with E-state index in [4.69, 9.17) is 14.5 Å². The summed E-state index contributed by atoms with van der Waals surface area (Å²) in [5.74, 6) is 1.03. The fourth-order valence-corrected chi connectivity index (χ4v) is 3.92. The predicted molar refractivity (Wildman–Crippen MR) is 141 cm³/mol. The van der Waals surface area contributed by atoms with Gasteiger partial charge in [-0.05, 0) is 48.5 Å². The van der Waals surface area contributed by atoms with E-state index >= 15 is 0 Å². The quantitative estimate of drug-likeness (QED) is 0.197. The second kappa shape index (κ2) is 10.2. The largest absolute Gasteiger partial charge is 0.497 e. The molecule has 0 bridgehead atoms. The Bertz CT molecular complexity index is 1600. The Morgan fingerprint density at radius 3 is 2.30 bits per heavy atom. The summed E-state index contributed by atoms with van der Waals surface area (Å²) in [7, 11) is 1.59. The number of benzene rings is 4. The van der Waals surface area contributed by atoms with Crippen LogP contribution >= 0.6 is 0 Å². The first kappa shape index (κ1) is 23.5. The lowest BCUT2D eigenvalue weighted by Gasteiger charge is -2.12. The molecule has 0 aliphatic carbocycles. The fraction of sp³-hybridized carbons (Fsp3) is 0.0345. The zero-order valence-corrected chi connectivity index (χ0v) is 19.8. The Labute approximate surface area is 212 Å². The number of para-hydroxylation sites is 2. The van der Waals surface area contributed by atoms with E-state index in [2.05, 4.69) is 5.32 Å². The van der Waals surface area contributed by atoms with Gasteiger partial charge in [0.2, 0.25) is 0 Å². The van der Waals surface area contributed by atoms with E-state index in [1.165, 1.54) is 12.1 Å². The van der Waals surface area contributed by atoms with Crippen LogP contribution in [0.5, 0.6) is 17.2 Å². The first-order valence-corrected chi connectivity index (χ1v) is 11.4. The summed E-state index contributed by atoms with van der Waals surface area (Å²) in [6.45, 7) is 0. The molecule has 0 aliphatic heterocycles. The highest BCUT2D eigenvalue weighted by Gasteiger charge is 2.17. The molecular weight excluding hydrogens is 470 g/mol. The number of nitrogens with one attached hydrogen (secondary N) is 1. The van der Waals surface area contributed by atoms with Crippen LogP contribution in [0, 0.1) is 10.1 Å². The molecule has 0 fully saturated rings. The highest BCUT2D eigenvalue weighted by Crippen LogP contribution is 2.31. The normalized spacial score (nSPS) is 10.6. The van der Waals surface area contributed by atoms with Gasteiger partial charge in [0.25, 0.3) is 11.6 Å². The molecule has 1 amide bonds. The molecule has 4 aromatic carbocycles. The zero-order valence-electron chi connectivity index (χ0n) is 19.8. The summed E-state index contributed by atoms with van der Waals surface area (Å²) in [6.07, 6.45) is 0. The van der Waals surface area contributed by atoms with Gasteiger partial charge >= 0.3 is 0 Å². The van der Waals surface area contributed by atoms with Gasteiger partial charge in [-0.2, -0.15) is 0 Å². The van der Waals surface area contributed by atoms with Crippen molar-refractivity contribution < 1.29 is 19.2 Å². The van der Waals surface area contributed by atoms with Crippen LogP contribution in [0.2, 0.25) is 0 Å². The highest BCUT2D eigenvalue weighted by atomic mass is 16.6. The number of rotatable bonds is 7. The molecule has 37 heavy (non-hydrogen) atoms. The lowest BCUT2D eigenvalue weighted by Crippen LogP contribution is -2.13. The maximum Gasteiger partial charge on any atom is 0.275 e. The molecule has 8 heteroatoms. The Balaban J connectivity index is 1.52. The molecule has 0 radical (unpaired) electrons. The van der Waals surface area contributed by atoms with E-state index in [0.717, 1.165) is 5.56 Å². The SMILES string of the molecule is COc1ccc(-c2cc(C(=O)Nc3cc(Oc4ccccc4)cc([N+](=O)[O-])c3)c3ccccc3n2)cc1. The number of amides is 1. The Morgan fingerprint density at radius 2 is 1.57 bits per heavy atom. The topological polar surface area (TPSA) is 104 Å². The standard InChI is InChI=1S/C29H21N3O5/c1-36-22-13-11-19(12-14-22)28-18-26(25-9-5-6-10-27(25)31-28)29(33)30-20-15-21(32(34)35)17-24(16-20)37-23-7-3-2-4-8-23/h2-18H,1H3,(H,30,33). The minimum absolute atomic E-state index is 0.206. The lowest BCUT2D eigenvalue weighted by molar-refractivity contribution is -0.384. The number of hydrogen-bond acceptors (Lipinski definition) is 6. The summed E-state index contributed by atoms with van der Waals surface area (Å²) >= 11 is 0. The van der Waals surface area contributed by atoms with Gasteiger partial charge in [0, 0.05) is 23.1 Å². The third-order valence-corrected chi connectivity index (χ3v) is 5.69. The van der Waals surface area contributed by atoms with Crippen molar-refractivity contribution in [3.63, 3.8) is 0 Å². The van der Waals surface area contributed by atoms with E-state index in [1.54, 1.807) is 43.5 Å². The average Bonchev–Trinajstić information content (AvgIpc) is 2.93. The number of carbonyl (C=O) groups is 1. The fourth-order valence-electron chi connectivity index (χ4n) is 3.92. The number of nitro benzene ring substituents is 1. The maximum atomic E-state index is 13.5. The molecule has 1 N–H and O–H groups in total. The van der Waals surface area contributed by atoms with E-state index in [9.17, 15) is 14.9 Å². The van der Waals surface area contributed by atoms with Gasteiger partial charge in [0.05, 0.1) is 40.6 Å². The van der Waals surface area contributed by atoms with Gasteiger partial charge in [-0.25, -0.2) is 4.98 Å². The first-order chi connectivity index (χ1) is 18.0. The van der Waals surface area contributed by atoms with Crippen LogP contribution in [0.4, 0.5) is 11.4 Å². The number of hydrogen-bond donors (Lipinski definition) is 1. The number of non-ortho nitro benzene ring substituents is 1. The van der Waals surface area contributed by atoms with Gasteiger partial charge in [-0.3, -0.25) is 14.9 Å². The van der Waals surface area contributed by atoms with Crippen molar-refractivity contribution in [1.82, 2.24) is 4.98 Å². The molecular formula is C29H21N3O5. The van der Waals surface area contributed by atoms with Crippen LogP contribution in [0.25, 0.3) is 22.2 Å². The number of fused-ring (bicyclic) bond motifs is 1. The van der Waals surface area contributed by atoms with Crippen LogP contribution < -0.4 is 14.8 Å². The highest BCUT2D eigenvalue weighted by molar-refractivity contribution is 6.13. The monoisotopic (exact) mass is 491 g/mol. The van der Waals surface area contributed by atoms with Gasteiger partial charge in [0.15, 0.2) is 0 Å². The van der Waals surface area contributed by atoms with Crippen molar-refractivity contribution >= 4 is 28.2 Å². The average molecular weight is 492 g/mol. The number of nitro groups is 1. The van der Waals surface area contributed by atoms with Crippen molar-refractivity contribution in [2.75, 3.05) is 12.4 Å². The Kier molecular flexibility index (Phi) is 6.46. The third kappa shape index (κ3) is 5.23. The van der Waals surface area contributed by atoms with Crippen molar-refractivity contribution in [2.24, 2.45) is 0 Å². The van der Waals surface area contributed by atoms with Crippen LogP contribution in [0.1, 0.15) is 10.4 Å². The molecule has 0 aliphatic rings. The van der Waals surface area contributed by atoms with Crippen molar-refractivity contribution in [1.29, 1.82) is 0 Å². The second-order valence-corrected chi connectivity index (χ2v) is 8.14. The summed E-state index contributed by atoms with van der Waals surface area (Å²) in [5.41, 5.74) is 2.48. The number of anilines is 1. The molecule has 8 nitrogen and oxygen atoms in total. The minimum atomic E-state index is -0.531. The maximum absolute atomic E-state index is 13.5. The summed E-state index contributed by atoms with van der Waals surface area (Å²) < 4.78 is 11.0. The van der Waals surface area contributed by atoms with Crippen LogP contribution in [-0.4, -0.2) is 22.9 Å². The molecule has 0 spiro atoms. The zero-order chi connectivity index (χ0) is 25.8. The smallest absolute Gasteiger partial charge is 0.275 e. The van der Waals surface area contributed by atoms with E-state index in [-0.39, 0.29) is 17.1 Å². The number of methoxy groups -OCH3 is 1. The van der Waals surface area contributed by atoms with E-state index < -0.39 is 10.8 Å². The number of ether oxygens (including phenoxy) is 2. The van der Waals surface area contributed by atoms with Crippen molar-refractivity contribution in [3.8, 4) is 28.5 Å². The van der Waals surface area contributed by atoms with Crippen LogP contribution in [0.15, 0.2) is 103 Å². The molecule has 0 unspecified atom stereocenters. The van der Waals surface area contributed by atoms with Crippen LogP contribution in [0.3, 0.4) is 0 Å². The van der Waals surface area contributed by atoms with Gasteiger partial charge in [-0.15, -0.1) is 0 Å². The summed E-state index contributed by atoms with van der Waals surface area (Å²) in [6, 6.07) is 29.5. The van der Waals surface area contributed by atoms with Crippen molar-refractivity contribution in [3.05, 3.63) is 119 Å². The van der Waals surface area contributed by atoms with Gasteiger partial charge in [-0.1, -0.05) is 36.4 Å². The van der Waals surface area contributed by atoms with Gasteiger partial charge in [0.1, 0.15) is 17.2 Å². The molecule has 1 aromatic heterocycles. The van der Waals surface area contributed by atoms with Crippen LogP contribution in [-0.2, 0) is 0 Å². The molecule has 0 atom stereocenters. The molecule has 5 rings (SSSR count). The third-order valence-electron chi connectivity index (χ3n) is 5.69. The van der Waals surface area contributed by atoms with Gasteiger partial charge < -0.3 is 14.8 Å². The van der Waals surface area contributed by atoms with Crippen molar-refractivity contribution in [2.45, 2.75) is 0 Å². The summed E-state index contributed by atoms with van der Waals surface area (Å²) in [5, 5.41) is 15.0. The van der Waals surface area contributed by atoms with E-state index in [1.807, 2.05) is 54.6 Å². The lowest BCUT2D eigenvalue weighted by atomic mass is 10.0. The number of pyridine rings is 1.